The van der Waals surface area contributed by atoms with Crippen LogP contribution in [-0.4, -0.2) is 0 Å². The standard InChI is InChI=1S/C22H29I/c1-5-17(23)12-10-15(2)16-11-13-19-18-8-6-7-9-20(18)22(3,4)21(19)14-16/h5-9,11,15,19,21H,10,12-14H2,1-4H3/b17-5+. The maximum Gasteiger partial charge on any atom is -0.00635 e. The van der Waals surface area contributed by atoms with Gasteiger partial charge in [0.15, 0.2) is 0 Å². The molecule has 0 fully saturated rings. The lowest BCUT2D eigenvalue weighted by Crippen LogP contribution is -2.29. The molecule has 2 aliphatic rings. The molecule has 3 unspecified atom stereocenters. The summed E-state index contributed by atoms with van der Waals surface area (Å²) in [5.41, 5.74) is 5.25. The zero-order chi connectivity index (χ0) is 16.6. The van der Waals surface area contributed by atoms with E-state index >= 15 is 0 Å². The van der Waals surface area contributed by atoms with Crippen LogP contribution in [0.15, 0.2) is 45.6 Å². The van der Waals surface area contributed by atoms with Crippen molar-refractivity contribution in [1.82, 2.24) is 0 Å². The monoisotopic (exact) mass is 420 g/mol. The minimum absolute atomic E-state index is 0.318. The summed E-state index contributed by atoms with van der Waals surface area (Å²) in [4.78, 5) is 0. The third kappa shape index (κ3) is 3.18. The number of hydrogen-bond donors (Lipinski definition) is 0. The molecule has 124 valence electrons. The molecule has 1 heteroatoms. The van der Waals surface area contributed by atoms with Gasteiger partial charge in [0, 0.05) is 0 Å². The maximum atomic E-state index is 2.58. The van der Waals surface area contributed by atoms with Crippen LogP contribution in [0.3, 0.4) is 0 Å². The Kier molecular flexibility index (Phi) is 5.06. The van der Waals surface area contributed by atoms with Gasteiger partial charge >= 0.3 is 0 Å². The molecule has 0 aromatic heterocycles. The van der Waals surface area contributed by atoms with Crippen molar-refractivity contribution in [1.29, 1.82) is 0 Å². The first-order valence-electron chi connectivity index (χ1n) is 9.04. The van der Waals surface area contributed by atoms with Crippen molar-refractivity contribution in [2.45, 2.75) is 64.7 Å². The Morgan fingerprint density at radius 3 is 2.83 bits per heavy atom. The van der Waals surface area contributed by atoms with Crippen LogP contribution >= 0.6 is 22.6 Å². The van der Waals surface area contributed by atoms with E-state index in [1.165, 1.54) is 29.3 Å². The van der Waals surface area contributed by atoms with E-state index < -0.39 is 0 Å². The van der Waals surface area contributed by atoms with Crippen molar-refractivity contribution in [3.8, 4) is 0 Å². The first kappa shape index (κ1) is 17.3. The highest BCUT2D eigenvalue weighted by Crippen LogP contribution is 2.56. The Morgan fingerprint density at radius 2 is 2.09 bits per heavy atom. The van der Waals surface area contributed by atoms with E-state index in [0.29, 0.717) is 5.41 Å². The van der Waals surface area contributed by atoms with Crippen LogP contribution < -0.4 is 0 Å². The van der Waals surface area contributed by atoms with Crippen molar-refractivity contribution in [2.24, 2.45) is 11.8 Å². The second kappa shape index (κ2) is 6.74. The summed E-state index contributed by atoms with van der Waals surface area (Å²) in [7, 11) is 0. The van der Waals surface area contributed by atoms with Crippen molar-refractivity contribution in [2.75, 3.05) is 0 Å². The largest absolute Gasteiger partial charge is 0.0844 e. The minimum Gasteiger partial charge on any atom is -0.0844 e. The Bertz CT molecular complexity index is 635. The van der Waals surface area contributed by atoms with Crippen molar-refractivity contribution < 1.29 is 0 Å². The van der Waals surface area contributed by atoms with Gasteiger partial charge in [0.1, 0.15) is 0 Å². The van der Waals surface area contributed by atoms with E-state index in [-0.39, 0.29) is 0 Å². The predicted molar refractivity (Wildman–Crippen MR) is 109 cm³/mol. The fourth-order valence-corrected chi connectivity index (χ4v) is 5.03. The Labute approximate surface area is 155 Å². The maximum absolute atomic E-state index is 2.58. The number of benzene rings is 1. The number of hydrogen-bond acceptors (Lipinski definition) is 0. The molecule has 3 rings (SSSR count). The Hall–Kier alpha value is -0.570. The van der Waals surface area contributed by atoms with Crippen LogP contribution in [0.5, 0.6) is 0 Å². The third-order valence-corrected chi connectivity index (χ3v) is 7.48. The van der Waals surface area contributed by atoms with E-state index in [1.807, 2.05) is 0 Å². The Morgan fingerprint density at radius 1 is 1.35 bits per heavy atom. The lowest BCUT2D eigenvalue weighted by Gasteiger charge is -2.36. The molecule has 2 aliphatic carbocycles. The smallest absolute Gasteiger partial charge is 0.00635 e. The fraction of sp³-hybridized carbons (Fsp3) is 0.545. The summed E-state index contributed by atoms with van der Waals surface area (Å²) < 4.78 is 1.50. The highest BCUT2D eigenvalue weighted by atomic mass is 127. The highest BCUT2D eigenvalue weighted by Gasteiger charge is 2.46. The van der Waals surface area contributed by atoms with Crippen LogP contribution in [0.1, 0.15) is 70.4 Å². The molecule has 1 aromatic carbocycles. The second-order valence-corrected chi connectivity index (χ2v) is 9.30. The van der Waals surface area contributed by atoms with Crippen LogP contribution in [-0.2, 0) is 5.41 Å². The minimum atomic E-state index is 0.318. The summed E-state index contributed by atoms with van der Waals surface area (Å²) in [6.45, 7) is 9.51. The van der Waals surface area contributed by atoms with Gasteiger partial charge in [-0.3, -0.25) is 0 Å². The van der Waals surface area contributed by atoms with Gasteiger partial charge in [0.25, 0.3) is 0 Å². The summed E-state index contributed by atoms with van der Waals surface area (Å²) in [6.07, 6.45) is 9.87. The van der Waals surface area contributed by atoms with Gasteiger partial charge in [-0.05, 0) is 93.1 Å². The quantitative estimate of drug-likeness (QED) is 0.358. The summed E-state index contributed by atoms with van der Waals surface area (Å²) in [6, 6.07) is 9.18. The average molecular weight is 420 g/mol. The van der Waals surface area contributed by atoms with Crippen molar-refractivity contribution in [3.05, 3.63) is 56.7 Å². The molecule has 0 nitrogen and oxygen atoms in total. The van der Waals surface area contributed by atoms with E-state index in [9.17, 15) is 0 Å². The van der Waals surface area contributed by atoms with E-state index in [0.717, 1.165) is 17.8 Å². The van der Waals surface area contributed by atoms with Crippen LogP contribution in [0, 0.1) is 11.8 Å². The van der Waals surface area contributed by atoms with Gasteiger partial charge in [0.05, 0.1) is 0 Å². The summed E-state index contributed by atoms with van der Waals surface area (Å²) in [5, 5.41) is 0. The van der Waals surface area contributed by atoms with Gasteiger partial charge in [0.2, 0.25) is 0 Å². The molecule has 3 atom stereocenters. The summed E-state index contributed by atoms with van der Waals surface area (Å²) in [5.74, 6) is 2.25. The van der Waals surface area contributed by atoms with E-state index in [1.54, 1.807) is 16.7 Å². The number of rotatable bonds is 4. The van der Waals surface area contributed by atoms with Gasteiger partial charge in [-0.15, -0.1) is 0 Å². The molecule has 0 saturated heterocycles. The molecule has 1 aromatic rings. The van der Waals surface area contributed by atoms with Crippen LogP contribution in [0.2, 0.25) is 0 Å². The fourth-order valence-electron chi connectivity index (χ4n) is 4.72. The Balaban J connectivity index is 1.77. The van der Waals surface area contributed by atoms with Gasteiger partial charge < -0.3 is 0 Å². The molecule has 0 saturated carbocycles. The van der Waals surface area contributed by atoms with Crippen LogP contribution in [0.25, 0.3) is 0 Å². The van der Waals surface area contributed by atoms with Gasteiger partial charge in [-0.25, -0.2) is 0 Å². The second-order valence-electron chi connectivity index (χ2n) is 7.92. The molecule has 0 heterocycles. The molecular formula is C22H29I. The first-order valence-corrected chi connectivity index (χ1v) is 10.1. The van der Waals surface area contributed by atoms with Gasteiger partial charge in [-0.1, -0.05) is 62.8 Å². The normalized spacial score (nSPS) is 27.2. The lowest BCUT2D eigenvalue weighted by molar-refractivity contribution is 0.280. The topological polar surface area (TPSA) is 0 Å². The third-order valence-electron chi connectivity index (χ3n) is 6.32. The zero-order valence-corrected chi connectivity index (χ0v) is 17.1. The molecule has 23 heavy (non-hydrogen) atoms. The SMILES string of the molecule is C/C=C(/I)CCC(C)C1=CCC2c3ccccc3C(C)(C)C2C1. The zero-order valence-electron chi connectivity index (χ0n) is 14.9. The highest BCUT2D eigenvalue weighted by molar-refractivity contribution is 14.1. The lowest BCUT2D eigenvalue weighted by atomic mass is 9.68. The molecule has 0 aliphatic heterocycles. The van der Waals surface area contributed by atoms with E-state index in [2.05, 4.69) is 86.7 Å². The van der Waals surface area contributed by atoms with E-state index in [4.69, 9.17) is 0 Å². The van der Waals surface area contributed by atoms with Gasteiger partial charge in [-0.2, -0.15) is 0 Å². The molecule has 0 bridgehead atoms. The summed E-state index contributed by atoms with van der Waals surface area (Å²) >= 11 is 2.48. The molecule has 0 spiro atoms. The van der Waals surface area contributed by atoms with Crippen molar-refractivity contribution >= 4 is 22.6 Å². The van der Waals surface area contributed by atoms with Crippen LogP contribution in [0.4, 0.5) is 0 Å². The number of halogens is 1. The average Bonchev–Trinajstić information content (AvgIpc) is 2.80. The number of allylic oxidation sites excluding steroid dienone is 4. The molecule has 0 amide bonds. The van der Waals surface area contributed by atoms with Crippen molar-refractivity contribution in [3.63, 3.8) is 0 Å². The molecule has 0 N–H and O–H groups in total. The first-order chi connectivity index (χ1) is 10.9. The number of fused-ring (bicyclic) bond motifs is 3. The molecular weight excluding hydrogens is 391 g/mol. The predicted octanol–water partition coefficient (Wildman–Crippen LogP) is 7.15. The molecule has 0 radical (unpaired) electrons.